The Morgan fingerprint density at radius 1 is 1.29 bits per heavy atom. The molecule has 1 N–H and O–H groups in total. The van der Waals surface area contributed by atoms with Crippen LogP contribution in [0.2, 0.25) is 0 Å². The van der Waals surface area contributed by atoms with Gasteiger partial charge in [-0.3, -0.25) is 9.63 Å². The van der Waals surface area contributed by atoms with Crippen molar-refractivity contribution in [3.63, 3.8) is 0 Å². The SMILES string of the molecule is CC(C)(C)ONC(=O)COc1ccc(Br)cc1. The van der Waals surface area contributed by atoms with Crippen LogP contribution in [0.1, 0.15) is 20.8 Å². The summed E-state index contributed by atoms with van der Waals surface area (Å²) < 4.78 is 6.24. The second-order valence-electron chi connectivity index (χ2n) is 4.48. The highest BCUT2D eigenvalue weighted by molar-refractivity contribution is 9.10. The fourth-order valence-electron chi connectivity index (χ4n) is 0.919. The lowest BCUT2D eigenvalue weighted by Gasteiger charge is -2.18. The zero-order valence-electron chi connectivity index (χ0n) is 10.1. The van der Waals surface area contributed by atoms with E-state index in [4.69, 9.17) is 9.57 Å². The van der Waals surface area contributed by atoms with E-state index in [0.717, 1.165) is 4.47 Å². The van der Waals surface area contributed by atoms with E-state index in [1.807, 2.05) is 32.9 Å². The van der Waals surface area contributed by atoms with Gasteiger partial charge in [-0.2, -0.15) is 0 Å². The van der Waals surface area contributed by atoms with Gasteiger partial charge in [0.05, 0.1) is 5.60 Å². The lowest BCUT2D eigenvalue weighted by atomic mass is 10.2. The normalized spacial score (nSPS) is 11.1. The third-order valence-electron chi connectivity index (χ3n) is 1.65. The van der Waals surface area contributed by atoms with E-state index in [2.05, 4.69) is 21.4 Å². The van der Waals surface area contributed by atoms with Crippen LogP contribution in [0.4, 0.5) is 0 Å². The smallest absolute Gasteiger partial charge is 0.281 e. The number of hydroxylamine groups is 1. The van der Waals surface area contributed by atoms with E-state index in [1.54, 1.807) is 12.1 Å². The molecule has 0 spiro atoms. The van der Waals surface area contributed by atoms with Gasteiger partial charge in [-0.05, 0) is 45.0 Å². The first-order valence-corrected chi connectivity index (χ1v) is 6.01. The average molecular weight is 302 g/mol. The van der Waals surface area contributed by atoms with Gasteiger partial charge in [0.25, 0.3) is 5.91 Å². The van der Waals surface area contributed by atoms with Crippen molar-refractivity contribution < 1.29 is 14.4 Å². The number of carbonyl (C=O) groups is 1. The highest BCUT2D eigenvalue weighted by atomic mass is 79.9. The molecule has 0 saturated heterocycles. The minimum Gasteiger partial charge on any atom is -0.484 e. The van der Waals surface area contributed by atoms with Crippen molar-refractivity contribution >= 4 is 21.8 Å². The molecule has 1 aromatic carbocycles. The van der Waals surface area contributed by atoms with Gasteiger partial charge in [-0.25, -0.2) is 5.48 Å². The molecule has 1 amide bonds. The first-order chi connectivity index (χ1) is 7.87. The molecule has 0 radical (unpaired) electrons. The lowest BCUT2D eigenvalue weighted by molar-refractivity contribution is -0.147. The van der Waals surface area contributed by atoms with Crippen molar-refractivity contribution in [2.75, 3.05) is 6.61 Å². The second kappa shape index (κ2) is 6.02. The summed E-state index contributed by atoms with van der Waals surface area (Å²) in [6.07, 6.45) is 0. The fraction of sp³-hybridized carbons (Fsp3) is 0.417. The third kappa shape index (κ3) is 6.28. The first kappa shape index (κ1) is 14.0. The van der Waals surface area contributed by atoms with E-state index in [9.17, 15) is 4.79 Å². The molecule has 5 heteroatoms. The highest BCUT2D eigenvalue weighted by Crippen LogP contribution is 2.15. The van der Waals surface area contributed by atoms with Crippen molar-refractivity contribution in [1.29, 1.82) is 0 Å². The Bertz CT molecular complexity index is 370. The number of carbonyl (C=O) groups excluding carboxylic acids is 1. The molecule has 1 rings (SSSR count). The zero-order valence-corrected chi connectivity index (χ0v) is 11.7. The Kier molecular flexibility index (Phi) is 4.96. The summed E-state index contributed by atoms with van der Waals surface area (Å²) in [5.74, 6) is 0.321. The third-order valence-corrected chi connectivity index (χ3v) is 2.18. The molecular weight excluding hydrogens is 286 g/mol. The maximum Gasteiger partial charge on any atom is 0.281 e. The minimum absolute atomic E-state index is 0.0717. The van der Waals surface area contributed by atoms with E-state index in [-0.39, 0.29) is 12.5 Å². The molecule has 0 saturated carbocycles. The van der Waals surface area contributed by atoms with Crippen molar-refractivity contribution in [3.8, 4) is 5.75 Å². The molecule has 0 aliphatic rings. The fourth-order valence-corrected chi connectivity index (χ4v) is 1.18. The molecule has 0 atom stereocenters. The predicted octanol–water partition coefficient (Wildman–Crippen LogP) is 2.67. The summed E-state index contributed by atoms with van der Waals surface area (Å²) in [5, 5.41) is 0. The quantitative estimate of drug-likeness (QED) is 0.870. The molecule has 4 nitrogen and oxygen atoms in total. The zero-order chi connectivity index (χ0) is 12.9. The van der Waals surface area contributed by atoms with E-state index in [1.165, 1.54) is 0 Å². The van der Waals surface area contributed by atoms with E-state index in [0.29, 0.717) is 5.75 Å². The van der Waals surface area contributed by atoms with Crippen LogP contribution in [0, 0.1) is 0 Å². The topological polar surface area (TPSA) is 47.6 Å². The molecule has 0 aliphatic heterocycles. The van der Waals surface area contributed by atoms with E-state index >= 15 is 0 Å². The largest absolute Gasteiger partial charge is 0.484 e. The number of hydrogen-bond donors (Lipinski definition) is 1. The Labute approximate surface area is 109 Å². The number of benzene rings is 1. The van der Waals surface area contributed by atoms with Gasteiger partial charge in [0.15, 0.2) is 6.61 Å². The molecule has 17 heavy (non-hydrogen) atoms. The van der Waals surface area contributed by atoms with Crippen molar-refractivity contribution in [3.05, 3.63) is 28.7 Å². The summed E-state index contributed by atoms with van der Waals surface area (Å²) in [7, 11) is 0. The standard InChI is InChI=1S/C12H16BrNO3/c1-12(2,3)17-14-11(15)8-16-10-6-4-9(13)5-7-10/h4-7H,8H2,1-3H3,(H,14,15). The van der Waals surface area contributed by atoms with Gasteiger partial charge < -0.3 is 4.74 Å². The van der Waals surface area contributed by atoms with Gasteiger partial charge in [-0.15, -0.1) is 0 Å². The first-order valence-electron chi connectivity index (χ1n) is 5.22. The van der Waals surface area contributed by atoms with Crippen LogP contribution in [-0.4, -0.2) is 18.1 Å². The van der Waals surface area contributed by atoms with Crippen LogP contribution < -0.4 is 10.2 Å². The Hall–Kier alpha value is -1.07. The Balaban J connectivity index is 2.31. The van der Waals surface area contributed by atoms with Gasteiger partial charge in [-0.1, -0.05) is 15.9 Å². The van der Waals surface area contributed by atoms with Crippen molar-refractivity contribution in [2.45, 2.75) is 26.4 Å². The number of amides is 1. The van der Waals surface area contributed by atoms with Crippen LogP contribution in [-0.2, 0) is 9.63 Å². The molecule has 0 fully saturated rings. The average Bonchev–Trinajstić information content (AvgIpc) is 2.25. The van der Waals surface area contributed by atoms with Gasteiger partial charge in [0.1, 0.15) is 5.75 Å². The Morgan fingerprint density at radius 2 is 1.88 bits per heavy atom. The number of nitrogens with one attached hydrogen (secondary N) is 1. The molecule has 0 bridgehead atoms. The Morgan fingerprint density at radius 3 is 2.41 bits per heavy atom. The number of halogens is 1. The molecule has 0 aliphatic carbocycles. The monoisotopic (exact) mass is 301 g/mol. The maximum absolute atomic E-state index is 11.4. The van der Waals surface area contributed by atoms with Gasteiger partial charge >= 0.3 is 0 Å². The number of rotatable bonds is 4. The lowest BCUT2D eigenvalue weighted by Crippen LogP contribution is -2.36. The summed E-state index contributed by atoms with van der Waals surface area (Å²) in [4.78, 5) is 16.5. The molecular formula is C12H16BrNO3. The van der Waals surface area contributed by atoms with Gasteiger partial charge in [0, 0.05) is 4.47 Å². The molecule has 0 heterocycles. The molecule has 0 aromatic heterocycles. The van der Waals surface area contributed by atoms with Gasteiger partial charge in [0.2, 0.25) is 0 Å². The van der Waals surface area contributed by atoms with Crippen LogP contribution in [0.3, 0.4) is 0 Å². The summed E-state index contributed by atoms with van der Waals surface area (Å²) in [6.45, 7) is 5.48. The van der Waals surface area contributed by atoms with Crippen molar-refractivity contribution in [1.82, 2.24) is 5.48 Å². The number of hydrogen-bond acceptors (Lipinski definition) is 3. The molecule has 0 unspecified atom stereocenters. The maximum atomic E-state index is 11.4. The minimum atomic E-state index is -0.409. The van der Waals surface area contributed by atoms with Crippen LogP contribution >= 0.6 is 15.9 Å². The molecule has 94 valence electrons. The van der Waals surface area contributed by atoms with E-state index < -0.39 is 5.60 Å². The van der Waals surface area contributed by atoms with Crippen molar-refractivity contribution in [2.24, 2.45) is 0 Å². The van der Waals surface area contributed by atoms with Crippen LogP contribution in [0.5, 0.6) is 5.75 Å². The summed E-state index contributed by atoms with van der Waals surface area (Å²) >= 11 is 3.32. The number of ether oxygens (including phenoxy) is 1. The highest BCUT2D eigenvalue weighted by Gasteiger charge is 2.12. The second-order valence-corrected chi connectivity index (χ2v) is 5.40. The summed E-state index contributed by atoms with van der Waals surface area (Å²) in [5.41, 5.74) is 1.92. The predicted molar refractivity (Wildman–Crippen MR) is 68.6 cm³/mol. The van der Waals surface area contributed by atoms with Crippen LogP contribution in [0.15, 0.2) is 28.7 Å². The summed E-state index contributed by atoms with van der Waals surface area (Å²) in [6, 6.07) is 7.25. The molecule has 1 aromatic rings. The van der Waals surface area contributed by atoms with Crippen LogP contribution in [0.25, 0.3) is 0 Å².